The molecule has 0 bridgehead atoms. The topological polar surface area (TPSA) is 51.2 Å². The Morgan fingerprint density at radius 2 is 1.78 bits per heavy atom. The molecule has 4 aliphatic carbocycles. The Morgan fingerprint density at radius 1 is 1.00 bits per heavy atom. The van der Waals surface area contributed by atoms with Crippen LogP contribution in [0.5, 0.6) is 0 Å². The Labute approximate surface area is 138 Å². The summed E-state index contributed by atoms with van der Waals surface area (Å²) in [6.07, 6.45) is 8.13. The highest BCUT2D eigenvalue weighted by Gasteiger charge is 2.62. The molecule has 4 fully saturated rings. The van der Waals surface area contributed by atoms with Gasteiger partial charge in [0.1, 0.15) is 17.9 Å². The number of hydrogen-bond acceptors (Lipinski definition) is 3. The van der Waals surface area contributed by atoms with Crippen LogP contribution in [0.25, 0.3) is 0 Å². The van der Waals surface area contributed by atoms with Crippen LogP contribution in [0, 0.1) is 40.4 Å². The number of carbonyl (C=O) groups excluding carboxylic acids is 3. The van der Waals surface area contributed by atoms with Crippen LogP contribution in [0.3, 0.4) is 0 Å². The van der Waals surface area contributed by atoms with Gasteiger partial charge in [-0.1, -0.05) is 13.8 Å². The standard InChI is InChI=1S/C20H28O3/c1-19-7-5-13(22)10-17(19)12(11-21)9-14-15-3-4-18(23)20(15,2)8-6-16(14)19/h11-12,14-17H,3-10H2,1-2H3/t12?,14-,15-,16-,17?,19+,20-/m0/s1. The SMILES string of the molecule is C[C@]12CCC(=O)CC1C(C=O)C[C@@H]1[C@@H]2CC[C@]2(C)C(=O)CC[C@@H]12. The molecule has 4 saturated carbocycles. The van der Waals surface area contributed by atoms with Crippen LogP contribution >= 0.6 is 0 Å². The van der Waals surface area contributed by atoms with E-state index in [-0.39, 0.29) is 22.7 Å². The largest absolute Gasteiger partial charge is 0.303 e. The van der Waals surface area contributed by atoms with E-state index in [0.717, 1.165) is 44.8 Å². The van der Waals surface area contributed by atoms with Crippen molar-refractivity contribution in [1.29, 1.82) is 0 Å². The molecule has 0 aromatic carbocycles. The molecule has 0 saturated heterocycles. The number of aldehydes is 1. The lowest BCUT2D eigenvalue weighted by Crippen LogP contribution is -2.56. The highest BCUT2D eigenvalue weighted by atomic mass is 16.1. The van der Waals surface area contributed by atoms with E-state index >= 15 is 0 Å². The second kappa shape index (κ2) is 5.00. The van der Waals surface area contributed by atoms with E-state index in [0.29, 0.717) is 42.2 Å². The van der Waals surface area contributed by atoms with Crippen molar-refractivity contribution in [3.63, 3.8) is 0 Å². The Balaban J connectivity index is 1.72. The molecule has 3 nitrogen and oxygen atoms in total. The monoisotopic (exact) mass is 316 g/mol. The van der Waals surface area contributed by atoms with Gasteiger partial charge in [0.15, 0.2) is 0 Å². The van der Waals surface area contributed by atoms with Gasteiger partial charge in [-0.15, -0.1) is 0 Å². The van der Waals surface area contributed by atoms with Crippen LogP contribution in [0.4, 0.5) is 0 Å². The minimum absolute atomic E-state index is 0.0172. The summed E-state index contributed by atoms with van der Waals surface area (Å²) < 4.78 is 0. The minimum atomic E-state index is -0.137. The lowest BCUT2D eigenvalue weighted by molar-refractivity contribution is -0.155. The fourth-order valence-electron chi connectivity index (χ4n) is 7.11. The van der Waals surface area contributed by atoms with Crippen molar-refractivity contribution in [3.8, 4) is 0 Å². The Hall–Kier alpha value is -0.990. The van der Waals surface area contributed by atoms with E-state index in [2.05, 4.69) is 13.8 Å². The molecule has 126 valence electrons. The molecule has 4 aliphatic rings. The summed E-state index contributed by atoms with van der Waals surface area (Å²) in [5, 5.41) is 0. The van der Waals surface area contributed by atoms with E-state index in [1.54, 1.807) is 0 Å². The summed E-state index contributed by atoms with van der Waals surface area (Å²) in [4.78, 5) is 36.2. The maximum absolute atomic E-state index is 12.4. The van der Waals surface area contributed by atoms with Crippen LogP contribution < -0.4 is 0 Å². The summed E-state index contributed by atoms with van der Waals surface area (Å²) in [6, 6.07) is 0. The summed E-state index contributed by atoms with van der Waals surface area (Å²) >= 11 is 0. The Kier molecular flexibility index (Phi) is 3.38. The predicted molar refractivity (Wildman–Crippen MR) is 86.7 cm³/mol. The van der Waals surface area contributed by atoms with Crippen molar-refractivity contribution in [3.05, 3.63) is 0 Å². The minimum Gasteiger partial charge on any atom is -0.303 e. The summed E-state index contributed by atoms with van der Waals surface area (Å²) in [5.41, 5.74) is -0.0162. The quantitative estimate of drug-likeness (QED) is 0.695. The van der Waals surface area contributed by atoms with Gasteiger partial charge in [-0.05, 0) is 61.2 Å². The van der Waals surface area contributed by atoms with Gasteiger partial charge in [-0.3, -0.25) is 9.59 Å². The number of ketones is 2. The third-order valence-electron chi connectivity index (χ3n) is 8.47. The number of Topliss-reactive ketones (excluding diaryl/α,β-unsaturated/α-hetero) is 2. The first-order valence-corrected chi connectivity index (χ1v) is 9.40. The summed E-state index contributed by atoms with van der Waals surface area (Å²) in [7, 11) is 0. The average molecular weight is 316 g/mol. The maximum atomic E-state index is 12.4. The predicted octanol–water partition coefficient (Wildman–Crippen LogP) is 3.59. The Bertz CT molecular complexity index is 567. The van der Waals surface area contributed by atoms with Gasteiger partial charge in [0.05, 0.1) is 0 Å². The molecule has 0 heterocycles. The first-order chi connectivity index (χ1) is 10.9. The van der Waals surface area contributed by atoms with Crippen molar-refractivity contribution < 1.29 is 14.4 Å². The molecule has 0 amide bonds. The molecule has 0 radical (unpaired) electrons. The summed E-state index contributed by atoms with van der Waals surface area (Å²) in [5.74, 6) is 2.62. The van der Waals surface area contributed by atoms with E-state index in [1.165, 1.54) is 0 Å². The molecule has 7 atom stereocenters. The van der Waals surface area contributed by atoms with Crippen LogP contribution in [0.1, 0.15) is 65.2 Å². The molecule has 23 heavy (non-hydrogen) atoms. The smallest absolute Gasteiger partial charge is 0.139 e. The normalized spacial score (nSPS) is 52.5. The zero-order valence-corrected chi connectivity index (χ0v) is 14.3. The highest BCUT2D eigenvalue weighted by Crippen LogP contribution is 2.66. The van der Waals surface area contributed by atoms with Crippen molar-refractivity contribution in [2.45, 2.75) is 65.2 Å². The highest BCUT2D eigenvalue weighted by molar-refractivity contribution is 5.87. The number of fused-ring (bicyclic) bond motifs is 5. The number of rotatable bonds is 1. The molecule has 2 unspecified atom stereocenters. The van der Waals surface area contributed by atoms with Gasteiger partial charge in [-0.25, -0.2) is 0 Å². The van der Waals surface area contributed by atoms with Gasteiger partial charge >= 0.3 is 0 Å². The van der Waals surface area contributed by atoms with Crippen LogP contribution in [0.2, 0.25) is 0 Å². The second-order valence-electron chi connectivity index (χ2n) is 9.19. The van der Waals surface area contributed by atoms with Gasteiger partial charge in [0, 0.05) is 30.6 Å². The zero-order chi connectivity index (χ0) is 16.4. The van der Waals surface area contributed by atoms with E-state index in [9.17, 15) is 14.4 Å². The summed E-state index contributed by atoms with van der Waals surface area (Å²) in [6.45, 7) is 4.52. The zero-order valence-electron chi connectivity index (χ0n) is 14.3. The Morgan fingerprint density at radius 3 is 2.52 bits per heavy atom. The van der Waals surface area contributed by atoms with Crippen LogP contribution in [0.15, 0.2) is 0 Å². The van der Waals surface area contributed by atoms with E-state index < -0.39 is 0 Å². The second-order valence-corrected chi connectivity index (χ2v) is 9.19. The van der Waals surface area contributed by atoms with Crippen molar-refractivity contribution in [2.75, 3.05) is 0 Å². The molecule has 0 N–H and O–H groups in total. The van der Waals surface area contributed by atoms with Gasteiger partial charge < -0.3 is 4.79 Å². The lowest BCUT2D eigenvalue weighted by atomic mass is 9.43. The molecular weight excluding hydrogens is 288 g/mol. The van der Waals surface area contributed by atoms with Gasteiger partial charge in [0.2, 0.25) is 0 Å². The average Bonchev–Trinajstić information content (AvgIpc) is 2.83. The first kappa shape index (κ1) is 15.5. The number of hydrogen-bond donors (Lipinski definition) is 0. The van der Waals surface area contributed by atoms with Gasteiger partial charge in [0.25, 0.3) is 0 Å². The van der Waals surface area contributed by atoms with Crippen molar-refractivity contribution in [1.82, 2.24) is 0 Å². The van der Waals surface area contributed by atoms with E-state index in [1.807, 2.05) is 0 Å². The fourth-order valence-corrected chi connectivity index (χ4v) is 7.11. The molecule has 0 aliphatic heterocycles. The van der Waals surface area contributed by atoms with Crippen molar-refractivity contribution >= 4 is 17.9 Å². The van der Waals surface area contributed by atoms with Gasteiger partial charge in [-0.2, -0.15) is 0 Å². The van der Waals surface area contributed by atoms with Crippen molar-refractivity contribution in [2.24, 2.45) is 40.4 Å². The fraction of sp³-hybridized carbons (Fsp3) is 0.850. The van der Waals surface area contributed by atoms with Crippen LogP contribution in [-0.4, -0.2) is 17.9 Å². The first-order valence-electron chi connectivity index (χ1n) is 9.40. The molecule has 0 aromatic heterocycles. The molecule has 3 heteroatoms. The molecular formula is C20H28O3. The third-order valence-corrected chi connectivity index (χ3v) is 8.47. The van der Waals surface area contributed by atoms with E-state index in [4.69, 9.17) is 0 Å². The maximum Gasteiger partial charge on any atom is 0.139 e. The van der Waals surface area contributed by atoms with Crippen LogP contribution in [-0.2, 0) is 14.4 Å². The molecule has 0 spiro atoms. The molecule has 4 rings (SSSR count). The third kappa shape index (κ3) is 1.97. The lowest BCUT2D eigenvalue weighted by Gasteiger charge is -2.60. The number of carbonyl (C=O) groups is 3. The molecule has 0 aromatic rings.